The van der Waals surface area contributed by atoms with E-state index in [0.717, 1.165) is 4.90 Å². The van der Waals surface area contributed by atoms with Crippen molar-refractivity contribution >= 4 is 29.3 Å². The summed E-state index contributed by atoms with van der Waals surface area (Å²) in [5, 5.41) is 9.41. The number of aromatic nitrogens is 2. The minimum Gasteiger partial charge on any atom is -0.336 e. The lowest BCUT2D eigenvalue weighted by Crippen LogP contribution is -2.40. The van der Waals surface area contributed by atoms with E-state index in [4.69, 9.17) is 17.3 Å². The highest BCUT2D eigenvalue weighted by molar-refractivity contribution is 7.99. The summed E-state index contributed by atoms with van der Waals surface area (Å²) in [6.07, 6.45) is 0. The van der Waals surface area contributed by atoms with Crippen LogP contribution in [0.3, 0.4) is 0 Å². The van der Waals surface area contributed by atoms with E-state index in [0.29, 0.717) is 22.3 Å². The number of hydrogen-bond acceptors (Lipinski definition) is 5. The summed E-state index contributed by atoms with van der Waals surface area (Å²) in [7, 11) is 1.70. The summed E-state index contributed by atoms with van der Waals surface area (Å²) in [5.41, 5.74) is 5.86. The molecule has 0 radical (unpaired) electrons. The normalized spacial score (nSPS) is 12.0. The Kier molecular flexibility index (Phi) is 5.76. The third kappa shape index (κ3) is 3.97. The molecule has 1 unspecified atom stereocenters. The zero-order chi connectivity index (χ0) is 16.1. The van der Waals surface area contributed by atoms with Gasteiger partial charge in [-0.1, -0.05) is 35.5 Å². The van der Waals surface area contributed by atoms with Gasteiger partial charge < -0.3 is 10.6 Å². The third-order valence-corrected chi connectivity index (χ3v) is 4.68. The number of carbonyl (C=O) groups excluding carboxylic acids is 1. The molecule has 0 aliphatic rings. The average molecular weight is 337 g/mol. The summed E-state index contributed by atoms with van der Waals surface area (Å²) in [4.78, 5) is 14.7. The molecule has 116 valence electrons. The lowest BCUT2D eigenvalue weighted by molar-refractivity contribution is 0.0741. The van der Waals surface area contributed by atoms with E-state index >= 15 is 0 Å². The van der Waals surface area contributed by atoms with Gasteiger partial charge in [-0.15, -0.1) is 10.2 Å². The molecule has 1 atom stereocenters. The molecule has 22 heavy (non-hydrogen) atoms. The van der Waals surface area contributed by atoms with Crippen LogP contribution in [0.15, 0.2) is 46.3 Å². The predicted octanol–water partition coefficient (Wildman–Crippen LogP) is 2.70. The smallest absolute Gasteiger partial charge is 0.274 e. The van der Waals surface area contributed by atoms with Gasteiger partial charge >= 0.3 is 0 Å². The number of amides is 1. The number of nitrogens with zero attached hydrogens (tertiary/aromatic N) is 3. The van der Waals surface area contributed by atoms with Gasteiger partial charge in [-0.2, -0.15) is 0 Å². The van der Waals surface area contributed by atoms with Gasteiger partial charge in [-0.05, 0) is 31.2 Å². The lowest BCUT2D eigenvalue weighted by Gasteiger charge is -2.22. The standard InChI is InChI=1S/C15H17ClN4OS/c1-10(9-17)20(2)15(21)12-7-8-14(19-18-12)22-13-6-4-3-5-11(13)16/h3-8,10H,9,17H2,1-2H3. The molecular formula is C15H17ClN4OS. The van der Waals surface area contributed by atoms with Crippen molar-refractivity contribution in [1.82, 2.24) is 15.1 Å². The fourth-order valence-corrected chi connectivity index (χ4v) is 2.67. The number of halogens is 1. The van der Waals surface area contributed by atoms with Gasteiger partial charge in [0.15, 0.2) is 5.69 Å². The van der Waals surface area contributed by atoms with Crippen LogP contribution in [0.1, 0.15) is 17.4 Å². The Hall–Kier alpha value is -1.63. The third-order valence-electron chi connectivity index (χ3n) is 3.23. The fourth-order valence-electron chi connectivity index (χ4n) is 1.67. The van der Waals surface area contributed by atoms with Crippen LogP contribution in [0, 0.1) is 0 Å². The van der Waals surface area contributed by atoms with Gasteiger partial charge in [-0.3, -0.25) is 4.79 Å². The van der Waals surface area contributed by atoms with E-state index < -0.39 is 0 Å². The Morgan fingerprint density at radius 2 is 2.05 bits per heavy atom. The van der Waals surface area contributed by atoms with Crippen LogP contribution in [0.5, 0.6) is 0 Å². The number of nitrogens with two attached hydrogens (primary N) is 1. The molecule has 2 rings (SSSR count). The van der Waals surface area contributed by atoms with Gasteiger partial charge in [0.1, 0.15) is 5.03 Å². The second kappa shape index (κ2) is 7.58. The maximum Gasteiger partial charge on any atom is 0.274 e. The highest BCUT2D eigenvalue weighted by Gasteiger charge is 2.18. The molecule has 0 bridgehead atoms. The van der Waals surface area contributed by atoms with Crippen molar-refractivity contribution in [3.05, 3.63) is 47.1 Å². The zero-order valence-electron chi connectivity index (χ0n) is 12.4. The van der Waals surface area contributed by atoms with E-state index in [9.17, 15) is 4.79 Å². The Morgan fingerprint density at radius 1 is 1.32 bits per heavy atom. The molecule has 7 heteroatoms. The summed E-state index contributed by atoms with van der Waals surface area (Å²) in [5.74, 6) is -0.195. The molecule has 1 amide bonds. The second-order valence-electron chi connectivity index (χ2n) is 4.79. The highest BCUT2D eigenvalue weighted by Crippen LogP contribution is 2.31. The Bertz CT molecular complexity index is 650. The maximum atomic E-state index is 12.2. The Balaban J connectivity index is 2.10. The van der Waals surface area contributed by atoms with E-state index in [-0.39, 0.29) is 11.9 Å². The van der Waals surface area contributed by atoms with Crippen molar-refractivity contribution in [2.75, 3.05) is 13.6 Å². The van der Waals surface area contributed by atoms with Crippen molar-refractivity contribution in [3.63, 3.8) is 0 Å². The van der Waals surface area contributed by atoms with Gasteiger partial charge in [-0.25, -0.2) is 0 Å². The van der Waals surface area contributed by atoms with E-state index in [1.807, 2.05) is 31.2 Å². The topological polar surface area (TPSA) is 72.1 Å². The second-order valence-corrected chi connectivity index (χ2v) is 6.26. The van der Waals surface area contributed by atoms with Crippen molar-refractivity contribution in [2.45, 2.75) is 22.9 Å². The number of rotatable bonds is 5. The number of benzene rings is 1. The molecule has 1 aromatic heterocycles. The maximum absolute atomic E-state index is 12.2. The molecule has 1 aromatic carbocycles. The number of carbonyl (C=O) groups is 1. The minimum absolute atomic E-state index is 0.0496. The predicted molar refractivity (Wildman–Crippen MR) is 88.2 cm³/mol. The van der Waals surface area contributed by atoms with E-state index in [2.05, 4.69) is 10.2 Å². The van der Waals surface area contributed by atoms with Gasteiger partial charge in [0.25, 0.3) is 5.91 Å². The van der Waals surface area contributed by atoms with Gasteiger partial charge in [0, 0.05) is 24.5 Å². The van der Waals surface area contributed by atoms with Crippen LogP contribution in [-0.2, 0) is 0 Å². The molecule has 0 aliphatic heterocycles. The molecule has 2 aromatic rings. The SMILES string of the molecule is CC(CN)N(C)C(=O)c1ccc(Sc2ccccc2Cl)nn1. The first-order chi connectivity index (χ1) is 10.5. The van der Waals surface area contributed by atoms with Gasteiger partial charge in [0.2, 0.25) is 0 Å². The van der Waals surface area contributed by atoms with Crippen LogP contribution < -0.4 is 5.73 Å². The van der Waals surface area contributed by atoms with E-state index in [1.54, 1.807) is 24.1 Å². The zero-order valence-corrected chi connectivity index (χ0v) is 13.9. The molecule has 5 nitrogen and oxygen atoms in total. The molecule has 0 saturated carbocycles. The van der Waals surface area contributed by atoms with Crippen molar-refractivity contribution < 1.29 is 4.79 Å². The first kappa shape index (κ1) is 16.7. The molecule has 0 aliphatic carbocycles. The van der Waals surface area contributed by atoms with Crippen LogP contribution >= 0.6 is 23.4 Å². The van der Waals surface area contributed by atoms with Crippen LogP contribution in [-0.4, -0.2) is 40.6 Å². The van der Waals surface area contributed by atoms with Crippen molar-refractivity contribution in [2.24, 2.45) is 5.73 Å². The molecule has 0 spiro atoms. The average Bonchev–Trinajstić information content (AvgIpc) is 2.55. The minimum atomic E-state index is -0.195. The first-order valence-corrected chi connectivity index (χ1v) is 7.95. The van der Waals surface area contributed by atoms with Crippen molar-refractivity contribution in [1.29, 1.82) is 0 Å². The summed E-state index contributed by atoms with van der Waals surface area (Å²) < 4.78 is 0. The molecule has 2 N–H and O–H groups in total. The Morgan fingerprint density at radius 3 is 2.64 bits per heavy atom. The summed E-state index contributed by atoms with van der Waals surface area (Å²) in [6, 6.07) is 10.9. The monoisotopic (exact) mass is 336 g/mol. The largest absolute Gasteiger partial charge is 0.336 e. The lowest BCUT2D eigenvalue weighted by atomic mass is 10.2. The number of hydrogen-bond donors (Lipinski definition) is 1. The van der Waals surface area contributed by atoms with Crippen LogP contribution in [0.2, 0.25) is 5.02 Å². The summed E-state index contributed by atoms with van der Waals surface area (Å²) in [6.45, 7) is 2.28. The highest BCUT2D eigenvalue weighted by atomic mass is 35.5. The fraction of sp³-hybridized carbons (Fsp3) is 0.267. The van der Waals surface area contributed by atoms with Gasteiger partial charge in [0.05, 0.1) is 5.02 Å². The van der Waals surface area contributed by atoms with Crippen molar-refractivity contribution in [3.8, 4) is 0 Å². The molecule has 0 saturated heterocycles. The van der Waals surface area contributed by atoms with E-state index in [1.165, 1.54) is 11.8 Å². The quantitative estimate of drug-likeness (QED) is 0.908. The molecule has 1 heterocycles. The van der Waals surface area contributed by atoms with Crippen LogP contribution in [0.25, 0.3) is 0 Å². The molecule has 0 fully saturated rings. The van der Waals surface area contributed by atoms with Crippen LogP contribution in [0.4, 0.5) is 0 Å². The molecular weight excluding hydrogens is 320 g/mol. The Labute approximate surface area is 138 Å². The summed E-state index contributed by atoms with van der Waals surface area (Å²) >= 11 is 7.51. The first-order valence-electron chi connectivity index (χ1n) is 6.76. The number of likely N-dealkylation sites (N-methyl/N-ethyl adjacent to an activating group) is 1.